The van der Waals surface area contributed by atoms with Crippen LogP contribution in [0.25, 0.3) is 16.9 Å². The Hall–Kier alpha value is -2.75. The molecular formula is C15H14F3N5O2. The highest BCUT2D eigenvalue weighted by Crippen LogP contribution is 2.29. The summed E-state index contributed by atoms with van der Waals surface area (Å²) >= 11 is 0. The zero-order valence-electron chi connectivity index (χ0n) is 13.4. The summed E-state index contributed by atoms with van der Waals surface area (Å²) in [6.07, 6.45) is -1.01. The fraction of sp³-hybridized carbons (Fsp3) is 0.333. The molecule has 7 nitrogen and oxygen atoms in total. The minimum atomic E-state index is -3.58. The van der Waals surface area contributed by atoms with E-state index in [1.165, 1.54) is 38.5 Å². The highest BCUT2D eigenvalue weighted by molar-refractivity contribution is 5.59. The van der Waals surface area contributed by atoms with Gasteiger partial charge in [0.1, 0.15) is 0 Å². The third kappa shape index (κ3) is 3.53. The van der Waals surface area contributed by atoms with Crippen LogP contribution in [0, 0.1) is 0 Å². The summed E-state index contributed by atoms with van der Waals surface area (Å²) in [5.74, 6) is -0.542. The van der Waals surface area contributed by atoms with E-state index in [0.717, 1.165) is 4.40 Å². The number of hydrogen-bond donors (Lipinski definition) is 0. The molecule has 0 radical (unpaired) electrons. The van der Waals surface area contributed by atoms with Gasteiger partial charge in [-0.05, 0) is 13.0 Å². The molecule has 0 saturated carbocycles. The highest BCUT2D eigenvalue weighted by Gasteiger charge is 2.38. The fourth-order valence-corrected chi connectivity index (χ4v) is 2.16. The molecule has 10 heteroatoms. The van der Waals surface area contributed by atoms with E-state index >= 15 is 0 Å². The minimum Gasteiger partial charge on any atom is -0.444 e. The smallest absolute Gasteiger partial charge is 0.418 e. The molecule has 25 heavy (non-hydrogen) atoms. The fourth-order valence-electron chi connectivity index (χ4n) is 2.16. The molecule has 0 N–H and O–H groups in total. The standard InChI is InChI=1S/C15H14F3N5O2/c1-3-24-15(17,18)14-22-21-12-7-19-11(8-23(12)14)10-4-5-13(20-6-10)25-9(2)16/h4-9H,3H2,1-2H3/t9-/m0/s1. The maximum atomic E-state index is 14.0. The number of nitrogens with zero attached hydrogens (tertiary/aromatic N) is 5. The van der Waals surface area contributed by atoms with Crippen molar-refractivity contribution in [2.24, 2.45) is 0 Å². The van der Waals surface area contributed by atoms with Gasteiger partial charge in [-0.3, -0.25) is 9.38 Å². The van der Waals surface area contributed by atoms with Crippen molar-refractivity contribution < 1.29 is 22.6 Å². The second-order valence-corrected chi connectivity index (χ2v) is 5.02. The molecule has 0 bridgehead atoms. The zero-order chi connectivity index (χ0) is 18.0. The van der Waals surface area contributed by atoms with Gasteiger partial charge in [0.05, 0.1) is 18.5 Å². The zero-order valence-corrected chi connectivity index (χ0v) is 13.4. The molecule has 0 saturated heterocycles. The van der Waals surface area contributed by atoms with Crippen LogP contribution in [0.4, 0.5) is 13.2 Å². The molecule has 0 fully saturated rings. The molecule has 3 aromatic heterocycles. The number of ether oxygens (including phenoxy) is 2. The number of pyridine rings is 1. The normalized spacial score (nSPS) is 13.2. The van der Waals surface area contributed by atoms with Gasteiger partial charge >= 0.3 is 6.11 Å². The summed E-state index contributed by atoms with van der Waals surface area (Å²) in [4.78, 5) is 8.09. The van der Waals surface area contributed by atoms with Crippen LogP contribution >= 0.6 is 0 Å². The van der Waals surface area contributed by atoms with E-state index in [0.29, 0.717) is 11.3 Å². The topological polar surface area (TPSA) is 74.4 Å². The van der Waals surface area contributed by atoms with Crippen LogP contribution < -0.4 is 4.74 Å². The summed E-state index contributed by atoms with van der Waals surface area (Å²) in [7, 11) is 0. The third-order valence-corrected chi connectivity index (χ3v) is 3.19. The molecule has 0 unspecified atom stereocenters. The van der Waals surface area contributed by atoms with Crippen LogP contribution in [0.15, 0.2) is 30.7 Å². The molecule has 3 heterocycles. The largest absolute Gasteiger partial charge is 0.444 e. The van der Waals surface area contributed by atoms with Crippen molar-refractivity contribution in [1.29, 1.82) is 0 Å². The van der Waals surface area contributed by atoms with Crippen LogP contribution in [0.3, 0.4) is 0 Å². The van der Waals surface area contributed by atoms with Crippen molar-refractivity contribution in [3.8, 4) is 17.1 Å². The van der Waals surface area contributed by atoms with Crippen LogP contribution in [0.2, 0.25) is 0 Å². The molecule has 3 aromatic rings. The first-order valence-corrected chi connectivity index (χ1v) is 7.41. The van der Waals surface area contributed by atoms with Gasteiger partial charge < -0.3 is 9.47 Å². The number of rotatable bonds is 6. The number of hydrogen-bond acceptors (Lipinski definition) is 6. The molecule has 0 amide bonds. The van der Waals surface area contributed by atoms with Crippen molar-refractivity contribution in [2.75, 3.05) is 6.61 Å². The van der Waals surface area contributed by atoms with E-state index in [1.807, 2.05) is 0 Å². The number of halogens is 3. The second-order valence-electron chi connectivity index (χ2n) is 5.02. The van der Waals surface area contributed by atoms with Gasteiger partial charge in [-0.1, -0.05) is 0 Å². The van der Waals surface area contributed by atoms with Crippen LogP contribution in [-0.4, -0.2) is 37.5 Å². The summed E-state index contributed by atoms with van der Waals surface area (Å²) in [5.41, 5.74) is 1.03. The molecule has 3 rings (SSSR count). The van der Waals surface area contributed by atoms with Crippen LogP contribution in [-0.2, 0) is 10.8 Å². The highest BCUT2D eigenvalue weighted by atomic mass is 19.3. The Morgan fingerprint density at radius 1 is 1.20 bits per heavy atom. The number of alkyl halides is 3. The van der Waals surface area contributed by atoms with E-state index in [4.69, 9.17) is 4.74 Å². The summed E-state index contributed by atoms with van der Waals surface area (Å²) in [6, 6.07) is 3.04. The molecular weight excluding hydrogens is 339 g/mol. The predicted octanol–water partition coefficient (Wildman–Crippen LogP) is 2.97. The van der Waals surface area contributed by atoms with E-state index in [9.17, 15) is 13.2 Å². The van der Waals surface area contributed by atoms with Crippen LogP contribution in [0.1, 0.15) is 19.7 Å². The van der Waals surface area contributed by atoms with E-state index in [1.54, 1.807) is 6.07 Å². The monoisotopic (exact) mass is 353 g/mol. The maximum Gasteiger partial charge on any atom is 0.418 e. The Balaban J connectivity index is 1.98. The lowest BCUT2D eigenvalue weighted by Gasteiger charge is -2.13. The van der Waals surface area contributed by atoms with Gasteiger partial charge in [-0.2, -0.15) is 8.78 Å². The van der Waals surface area contributed by atoms with Gasteiger partial charge in [-0.15, -0.1) is 10.2 Å². The molecule has 0 aliphatic heterocycles. The van der Waals surface area contributed by atoms with E-state index in [-0.39, 0.29) is 18.1 Å². The summed E-state index contributed by atoms with van der Waals surface area (Å²) in [6.45, 7) is 2.51. The van der Waals surface area contributed by atoms with Crippen LogP contribution in [0.5, 0.6) is 5.88 Å². The first-order valence-electron chi connectivity index (χ1n) is 7.41. The van der Waals surface area contributed by atoms with Crippen molar-refractivity contribution in [3.05, 3.63) is 36.5 Å². The average Bonchev–Trinajstić information content (AvgIpc) is 2.99. The Morgan fingerprint density at radius 2 is 2.00 bits per heavy atom. The lowest BCUT2D eigenvalue weighted by atomic mass is 10.2. The molecule has 0 aliphatic carbocycles. The number of fused-ring (bicyclic) bond motifs is 1. The van der Waals surface area contributed by atoms with Crippen molar-refractivity contribution in [2.45, 2.75) is 26.3 Å². The quantitative estimate of drug-likeness (QED) is 0.678. The second kappa shape index (κ2) is 6.63. The Kier molecular flexibility index (Phi) is 4.53. The molecule has 132 valence electrons. The van der Waals surface area contributed by atoms with Gasteiger partial charge in [0.15, 0.2) is 5.65 Å². The summed E-state index contributed by atoms with van der Waals surface area (Å²) in [5, 5.41) is 7.15. The summed E-state index contributed by atoms with van der Waals surface area (Å²) < 4.78 is 51.1. The first kappa shape index (κ1) is 17.1. The van der Waals surface area contributed by atoms with E-state index < -0.39 is 18.3 Å². The van der Waals surface area contributed by atoms with E-state index in [2.05, 4.69) is 24.9 Å². The Bertz CT molecular complexity index is 867. The first-order chi connectivity index (χ1) is 11.9. The molecule has 0 aromatic carbocycles. The van der Waals surface area contributed by atoms with Gasteiger partial charge in [0.25, 0.3) is 0 Å². The Morgan fingerprint density at radius 3 is 2.64 bits per heavy atom. The average molecular weight is 353 g/mol. The van der Waals surface area contributed by atoms with Gasteiger partial charge in [0, 0.05) is 30.9 Å². The molecule has 1 atom stereocenters. The Labute approximate surface area is 140 Å². The lowest BCUT2D eigenvalue weighted by Crippen LogP contribution is -2.21. The third-order valence-electron chi connectivity index (χ3n) is 3.19. The van der Waals surface area contributed by atoms with Crippen molar-refractivity contribution >= 4 is 5.65 Å². The minimum absolute atomic E-state index is 0.104. The molecule has 0 spiro atoms. The van der Waals surface area contributed by atoms with Crippen molar-refractivity contribution in [1.82, 2.24) is 24.6 Å². The van der Waals surface area contributed by atoms with Gasteiger partial charge in [-0.25, -0.2) is 9.37 Å². The van der Waals surface area contributed by atoms with Gasteiger partial charge in [0.2, 0.25) is 18.1 Å². The number of aromatic nitrogens is 5. The maximum absolute atomic E-state index is 14.0. The SMILES string of the molecule is CCOC(F)(F)c1nnc2cnc(-c3ccc(O[C@@H](C)F)nc3)cn12. The molecule has 0 aliphatic rings. The lowest BCUT2D eigenvalue weighted by molar-refractivity contribution is -0.251. The van der Waals surface area contributed by atoms with Crippen molar-refractivity contribution in [3.63, 3.8) is 0 Å². The predicted molar refractivity (Wildman–Crippen MR) is 80.7 cm³/mol.